The summed E-state index contributed by atoms with van der Waals surface area (Å²) in [6, 6.07) is 3.91. The third-order valence-electron chi connectivity index (χ3n) is 2.60. The standard InChI is InChI=1S/C11H13NO2/c1-7-3-5-9(14-2)11-8(7)4-6-10(13)12-11/h3,5H,4,6H2,1-2H3,(H,12,13). The Morgan fingerprint density at radius 2 is 2.14 bits per heavy atom. The van der Waals surface area contributed by atoms with Gasteiger partial charge in [0.2, 0.25) is 5.91 Å². The second kappa shape index (κ2) is 3.33. The number of carbonyl (C=O) groups excluding carboxylic acids is 1. The van der Waals surface area contributed by atoms with Crippen molar-refractivity contribution >= 4 is 11.6 Å². The molecule has 2 rings (SSSR count). The fraction of sp³-hybridized carbons (Fsp3) is 0.364. The zero-order valence-electron chi connectivity index (χ0n) is 8.39. The Kier molecular flexibility index (Phi) is 2.15. The quantitative estimate of drug-likeness (QED) is 0.736. The summed E-state index contributed by atoms with van der Waals surface area (Å²) >= 11 is 0. The topological polar surface area (TPSA) is 38.3 Å². The van der Waals surface area contributed by atoms with Gasteiger partial charge in [-0.2, -0.15) is 0 Å². The Morgan fingerprint density at radius 1 is 1.36 bits per heavy atom. The van der Waals surface area contributed by atoms with Crippen molar-refractivity contribution in [2.75, 3.05) is 12.4 Å². The smallest absolute Gasteiger partial charge is 0.224 e. The van der Waals surface area contributed by atoms with Crippen LogP contribution in [0, 0.1) is 6.92 Å². The lowest BCUT2D eigenvalue weighted by Crippen LogP contribution is -2.20. The highest BCUT2D eigenvalue weighted by molar-refractivity contribution is 5.96. The van der Waals surface area contributed by atoms with Crippen LogP contribution in [-0.4, -0.2) is 13.0 Å². The number of ether oxygens (including phenoxy) is 1. The molecule has 0 unspecified atom stereocenters. The molecule has 74 valence electrons. The van der Waals surface area contributed by atoms with Crippen LogP contribution in [0.25, 0.3) is 0 Å². The van der Waals surface area contributed by atoms with Gasteiger partial charge >= 0.3 is 0 Å². The van der Waals surface area contributed by atoms with Gasteiger partial charge in [0, 0.05) is 6.42 Å². The summed E-state index contributed by atoms with van der Waals surface area (Å²) in [7, 11) is 1.62. The van der Waals surface area contributed by atoms with E-state index < -0.39 is 0 Å². The number of rotatable bonds is 1. The molecule has 1 heterocycles. The van der Waals surface area contributed by atoms with Gasteiger partial charge in [-0.25, -0.2) is 0 Å². The zero-order valence-corrected chi connectivity index (χ0v) is 8.39. The highest BCUT2D eigenvalue weighted by atomic mass is 16.5. The summed E-state index contributed by atoms with van der Waals surface area (Å²) in [4.78, 5) is 11.2. The van der Waals surface area contributed by atoms with Gasteiger partial charge in [-0.1, -0.05) is 6.07 Å². The Bertz CT molecular complexity index is 385. The number of aryl methyl sites for hydroxylation is 1. The minimum atomic E-state index is 0.0707. The second-order valence-electron chi connectivity index (χ2n) is 3.49. The normalized spacial score (nSPS) is 14.6. The SMILES string of the molecule is COc1ccc(C)c2c1NC(=O)CC2. The number of carbonyl (C=O) groups is 1. The van der Waals surface area contributed by atoms with Crippen LogP contribution in [0.5, 0.6) is 5.75 Å². The monoisotopic (exact) mass is 191 g/mol. The van der Waals surface area contributed by atoms with E-state index >= 15 is 0 Å². The number of benzene rings is 1. The number of amides is 1. The summed E-state index contributed by atoms with van der Waals surface area (Å²) in [6.45, 7) is 2.05. The van der Waals surface area contributed by atoms with E-state index in [1.807, 2.05) is 12.1 Å². The summed E-state index contributed by atoms with van der Waals surface area (Å²) < 4.78 is 5.20. The number of fused-ring (bicyclic) bond motifs is 1. The van der Waals surface area contributed by atoms with Crippen molar-refractivity contribution in [3.05, 3.63) is 23.3 Å². The highest BCUT2D eigenvalue weighted by Gasteiger charge is 2.19. The molecule has 0 atom stereocenters. The predicted molar refractivity (Wildman–Crippen MR) is 54.7 cm³/mol. The van der Waals surface area contributed by atoms with Gasteiger partial charge in [0.1, 0.15) is 5.75 Å². The van der Waals surface area contributed by atoms with Crippen LogP contribution in [0.1, 0.15) is 17.5 Å². The van der Waals surface area contributed by atoms with Gasteiger partial charge in [0.25, 0.3) is 0 Å². The molecule has 0 saturated heterocycles. The van der Waals surface area contributed by atoms with Crippen molar-refractivity contribution in [3.8, 4) is 5.75 Å². The summed E-state index contributed by atoms with van der Waals surface area (Å²) in [5.41, 5.74) is 3.26. The second-order valence-corrected chi connectivity index (χ2v) is 3.49. The average molecular weight is 191 g/mol. The molecule has 3 heteroatoms. The van der Waals surface area contributed by atoms with Gasteiger partial charge in [0.05, 0.1) is 12.8 Å². The number of hydrogen-bond acceptors (Lipinski definition) is 2. The molecule has 1 aliphatic rings. The molecule has 3 nitrogen and oxygen atoms in total. The van der Waals surface area contributed by atoms with Crippen molar-refractivity contribution in [1.29, 1.82) is 0 Å². The average Bonchev–Trinajstić information content (AvgIpc) is 2.18. The molecule has 1 amide bonds. The van der Waals surface area contributed by atoms with Gasteiger partial charge in [-0.15, -0.1) is 0 Å². The lowest BCUT2D eigenvalue weighted by Gasteiger charge is -2.21. The third-order valence-corrected chi connectivity index (χ3v) is 2.60. The molecule has 1 N–H and O–H groups in total. The molecule has 0 aliphatic carbocycles. The lowest BCUT2D eigenvalue weighted by atomic mass is 9.97. The van der Waals surface area contributed by atoms with Crippen LogP contribution in [0.15, 0.2) is 12.1 Å². The van der Waals surface area contributed by atoms with E-state index in [1.165, 1.54) is 11.1 Å². The minimum absolute atomic E-state index is 0.0707. The van der Waals surface area contributed by atoms with E-state index in [9.17, 15) is 4.79 Å². The summed E-state index contributed by atoms with van der Waals surface area (Å²) in [5, 5.41) is 2.86. The maximum Gasteiger partial charge on any atom is 0.224 e. The molecule has 0 fully saturated rings. The molecule has 1 aromatic carbocycles. The molecule has 0 spiro atoms. The first kappa shape index (κ1) is 9.06. The first-order valence-electron chi connectivity index (χ1n) is 4.68. The Morgan fingerprint density at radius 3 is 2.86 bits per heavy atom. The highest BCUT2D eigenvalue weighted by Crippen LogP contribution is 2.34. The fourth-order valence-electron chi connectivity index (χ4n) is 1.80. The van der Waals surface area contributed by atoms with Gasteiger partial charge in [-0.3, -0.25) is 4.79 Å². The first-order chi connectivity index (χ1) is 6.72. The maximum atomic E-state index is 11.2. The molecule has 1 aliphatic heterocycles. The zero-order chi connectivity index (χ0) is 10.1. The molecule has 14 heavy (non-hydrogen) atoms. The van der Waals surface area contributed by atoms with Crippen molar-refractivity contribution in [3.63, 3.8) is 0 Å². The number of hydrogen-bond donors (Lipinski definition) is 1. The van der Waals surface area contributed by atoms with Crippen molar-refractivity contribution < 1.29 is 9.53 Å². The first-order valence-corrected chi connectivity index (χ1v) is 4.68. The third kappa shape index (κ3) is 1.35. The van der Waals surface area contributed by atoms with Crippen LogP contribution in [0.4, 0.5) is 5.69 Å². The molecule has 0 saturated carbocycles. The minimum Gasteiger partial charge on any atom is -0.495 e. The molecule has 1 aromatic rings. The van der Waals surface area contributed by atoms with Crippen molar-refractivity contribution in [1.82, 2.24) is 0 Å². The Labute approximate surface area is 83.1 Å². The van der Waals surface area contributed by atoms with Gasteiger partial charge < -0.3 is 10.1 Å². The van der Waals surface area contributed by atoms with Gasteiger partial charge in [-0.05, 0) is 30.5 Å². The van der Waals surface area contributed by atoms with E-state index in [0.29, 0.717) is 6.42 Å². The number of nitrogens with one attached hydrogen (secondary N) is 1. The lowest BCUT2D eigenvalue weighted by molar-refractivity contribution is -0.116. The van der Waals surface area contributed by atoms with E-state index in [1.54, 1.807) is 7.11 Å². The van der Waals surface area contributed by atoms with E-state index in [-0.39, 0.29) is 5.91 Å². The van der Waals surface area contributed by atoms with Gasteiger partial charge in [0.15, 0.2) is 0 Å². The summed E-state index contributed by atoms with van der Waals surface area (Å²) in [6.07, 6.45) is 1.38. The van der Waals surface area contributed by atoms with Crippen molar-refractivity contribution in [2.24, 2.45) is 0 Å². The summed E-state index contributed by atoms with van der Waals surface area (Å²) in [5.74, 6) is 0.819. The Hall–Kier alpha value is -1.51. The maximum absolute atomic E-state index is 11.2. The number of anilines is 1. The fourth-order valence-corrected chi connectivity index (χ4v) is 1.80. The van der Waals surface area contributed by atoms with Crippen LogP contribution < -0.4 is 10.1 Å². The number of methoxy groups -OCH3 is 1. The van der Waals surface area contributed by atoms with Crippen LogP contribution in [0.2, 0.25) is 0 Å². The Balaban J connectivity index is 2.54. The van der Waals surface area contributed by atoms with E-state index in [4.69, 9.17) is 4.74 Å². The predicted octanol–water partition coefficient (Wildman–Crippen LogP) is 1.89. The molecular formula is C11H13NO2. The largest absolute Gasteiger partial charge is 0.495 e. The molecule has 0 radical (unpaired) electrons. The molecular weight excluding hydrogens is 178 g/mol. The van der Waals surface area contributed by atoms with Crippen molar-refractivity contribution in [2.45, 2.75) is 19.8 Å². The van der Waals surface area contributed by atoms with E-state index in [2.05, 4.69) is 12.2 Å². The van der Waals surface area contributed by atoms with Crippen LogP contribution >= 0.6 is 0 Å². The van der Waals surface area contributed by atoms with Crippen LogP contribution in [0.3, 0.4) is 0 Å². The van der Waals surface area contributed by atoms with E-state index in [0.717, 1.165) is 17.9 Å². The molecule has 0 aromatic heterocycles. The van der Waals surface area contributed by atoms with Crippen LogP contribution in [-0.2, 0) is 11.2 Å². The molecule has 0 bridgehead atoms.